The number of hydrogen-bond donors (Lipinski definition) is 2. The lowest BCUT2D eigenvalue weighted by Crippen LogP contribution is -2.51. The minimum absolute atomic E-state index is 0.819. The summed E-state index contributed by atoms with van der Waals surface area (Å²) in [6.45, 7) is 7.36. The molecule has 2 aliphatic rings. The van der Waals surface area contributed by atoms with E-state index in [0.29, 0.717) is 0 Å². The fourth-order valence-corrected chi connectivity index (χ4v) is 2.08. The molecule has 2 rings (SSSR count). The van der Waals surface area contributed by atoms with Crippen LogP contribution in [0.2, 0.25) is 0 Å². The molecule has 1 saturated carbocycles. The Labute approximate surface area is 111 Å². The van der Waals surface area contributed by atoms with Crippen LogP contribution in [0, 0.1) is 5.92 Å². The maximum atomic E-state index is 10.6. The monoisotopic (exact) mass is 282 g/mol. The number of halogens is 3. The Kier molecular flexibility index (Phi) is 6.06. The first-order valence-electron chi connectivity index (χ1n) is 6.59. The van der Waals surface area contributed by atoms with Gasteiger partial charge in [0.05, 0.1) is 0 Å². The van der Waals surface area contributed by atoms with Crippen LogP contribution in [-0.2, 0) is 4.79 Å². The van der Waals surface area contributed by atoms with Crippen LogP contribution >= 0.6 is 0 Å². The van der Waals surface area contributed by atoms with Gasteiger partial charge in [-0.25, -0.2) is 4.79 Å². The van der Waals surface area contributed by atoms with Gasteiger partial charge < -0.3 is 10.4 Å². The van der Waals surface area contributed by atoms with Crippen LogP contribution < -0.4 is 5.32 Å². The summed E-state index contributed by atoms with van der Waals surface area (Å²) in [6.07, 6.45) is -0.805. The molecule has 2 fully saturated rings. The summed E-state index contributed by atoms with van der Waals surface area (Å²) in [4.78, 5) is 11.6. The van der Waals surface area contributed by atoms with E-state index in [1.807, 2.05) is 0 Å². The topological polar surface area (TPSA) is 52.6 Å². The highest BCUT2D eigenvalue weighted by molar-refractivity contribution is 5.73. The summed E-state index contributed by atoms with van der Waals surface area (Å²) in [5.74, 6) is -1.70. The molecule has 0 unspecified atom stereocenters. The van der Waals surface area contributed by atoms with E-state index in [4.69, 9.17) is 9.90 Å². The minimum Gasteiger partial charge on any atom is -0.475 e. The van der Waals surface area contributed by atoms with E-state index in [2.05, 4.69) is 17.1 Å². The first kappa shape index (κ1) is 16.2. The van der Waals surface area contributed by atoms with Gasteiger partial charge in [0.15, 0.2) is 0 Å². The summed E-state index contributed by atoms with van der Waals surface area (Å²) in [7, 11) is 0. The van der Waals surface area contributed by atoms with Crippen molar-refractivity contribution in [2.75, 3.05) is 26.2 Å². The van der Waals surface area contributed by atoms with Crippen molar-refractivity contribution in [1.82, 2.24) is 10.2 Å². The fraction of sp³-hybridized carbons (Fsp3) is 0.917. The molecule has 1 aliphatic heterocycles. The first-order valence-corrected chi connectivity index (χ1v) is 6.59. The van der Waals surface area contributed by atoms with Gasteiger partial charge in [-0.15, -0.1) is 0 Å². The molecule has 112 valence electrons. The molecule has 2 N–H and O–H groups in total. The third kappa shape index (κ3) is 6.24. The third-order valence-electron chi connectivity index (χ3n) is 3.38. The lowest BCUT2D eigenvalue weighted by atomic mass is 10.1. The predicted octanol–water partition coefficient (Wildman–Crippen LogP) is 1.71. The lowest BCUT2D eigenvalue weighted by Gasteiger charge is -2.35. The molecule has 1 heterocycles. The van der Waals surface area contributed by atoms with Gasteiger partial charge in [0.25, 0.3) is 0 Å². The van der Waals surface area contributed by atoms with Crippen molar-refractivity contribution in [1.29, 1.82) is 0 Å². The predicted molar refractivity (Wildman–Crippen MR) is 64.9 cm³/mol. The smallest absolute Gasteiger partial charge is 0.475 e. The number of carboxylic acids is 1. The molecule has 7 heteroatoms. The number of alkyl halides is 3. The van der Waals surface area contributed by atoms with Gasteiger partial charge in [-0.1, -0.05) is 6.92 Å². The Morgan fingerprint density at radius 3 is 2.42 bits per heavy atom. The van der Waals surface area contributed by atoms with Crippen LogP contribution in [0.1, 0.15) is 26.2 Å². The summed E-state index contributed by atoms with van der Waals surface area (Å²) in [5, 5.41) is 10.6. The maximum Gasteiger partial charge on any atom is 0.490 e. The number of carbonyl (C=O) groups is 1. The molecule has 1 atom stereocenters. The van der Waals surface area contributed by atoms with Gasteiger partial charge in [0.2, 0.25) is 0 Å². The largest absolute Gasteiger partial charge is 0.490 e. The van der Waals surface area contributed by atoms with Crippen LogP contribution in [0.5, 0.6) is 0 Å². The lowest BCUT2D eigenvalue weighted by molar-refractivity contribution is -0.192. The number of nitrogens with zero attached hydrogens (tertiary/aromatic N) is 1. The van der Waals surface area contributed by atoms with E-state index in [-0.39, 0.29) is 0 Å². The molecule has 19 heavy (non-hydrogen) atoms. The fourth-order valence-electron chi connectivity index (χ4n) is 2.08. The van der Waals surface area contributed by atoms with Gasteiger partial charge in [-0.2, -0.15) is 13.2 Å². The van der Waals surface area contributed by atoms with Crippen molar-refractivity contribution in [3.63, 3.8) is 0 Å². The van der Waals surface area contributed by atoms with Crippen LogP contribution in [0.25, 0.3) is 0 Å². The molecule has 1 saturated heterocycles. The standard InChI is InChI=1S/C10H20N2.C2HF3O2/c1-2-10-7-11-5-6-12(10)8-9-3-4-9;3-2(4,5)1(6)7/h9-11H,2-8H2,1H3;(H,6,7)/t10-;/m1./s1. The van der Waals surface area contributed by atoms with Gasteiger partial charge in [-0.05, 0) is 25.2 Å². The zero-order valence-electron chi connectivity index (χ0n) is 11.0. The Bertz CT molecular complexity index is 293. The zero-order chi connectivity index (χ0) is 14.5. The summed E-state index contributed by atoms with van der Waals surface area (Å²) in [6, 6.07) is 0.819. The Morgan fingerprint density at radius 1 is 1.42 bits per heavy atom. The number of nitrogens with one attached hydrogen (secondary N) is 1. The highest BCUT2D eigenvalue weighted by atomic mass is 19.4. The molecule has 0 aromatic carbocycles. The summed E-state index contributed by atoms with van der Waals surface area (Å²) in [5.41, 5.74) is 0. The van der Waals surface area contributed by atoms with Crippen molar-refractivity contribution in [2.24, 2.45) is 5.92 Å². The average molecular weight is 282 g/mol. The number of piperazine rings is 1. The van der Waals surface area contributed by atoms with Crippen LogP contribution in [-0.4, -0.2) is 54.4 Å². The molecule has 0 bridgehead atoms. The Hall–Kier alpha value is -0.820. The van der Waals surface area contributed by atoms with E-state index < -0.39 is 12.1 Å². The molecular formula is C12H21F3N2O2. The molecule has 4 nitrogen and oxygen atoms in total. The van der Waals surface area contributed by atoms with E-state index in [9.17, 15) is 13.2 Å². The van der Waals surface area contributed by atoms with E-state index >= 15 is 0 Å². The number of hydrogen-bond acceptors (Lipinski definition) is 3. The third-order valence-corrected chi connectivity index (χ3v) is 3.38. The molecular weight excluding hydrogens is 261 g/mol. The zero-order valence-corrected chi connectivity index (χ0v) is 11.0. The van der Waals surface area contributed by atoms with Gasteiger partial charge in [-0.3, -0.25) is 4.90 Å². The number of rotatable bonds is 3. The van der Waals surface area contributed by atoms with Crippen molar-refractivity contribution in [3.8, 4) is 0 Å². The maximum absolute atomic E-state index is 10.6. The summed E-state index contributed by atoms with van der Waals surface area (Å²) < 4.78 is 31.7. The molecule has 0 amide bonds. The Balaban J connectivity index is 0.000000224. The van der Waals surface area contributed by atoms with Crippen LogP contribution in [0.15, 0.2) is 0 Å². The van der Waals surface area contributed by atoms with Gasteiger partial charge in [0, 0.05) is 32.2 Å². The molecule has 1 aliphatic carbocycles. The second kappa shape index (κ2) is 7.09. The van der Waals surface area contributed by atoms with Crippen molar-refractivity contribution in [2.45, 2.75) is 38.4 Å². The van der Waals surface area contributed by atoms with Crippen LogP contribution in [0.3, 0.4) is 0 Å². The van der Waals surface area contributed by atoms with Crippen molar-refractivity contribution < 1.29 is 23.1 Å². The molecule has 0 radical (unpaired) electrons. The second-order valence-electron chi connectivity index (χ2n) is 5.01. The quantitative estimate of drug-likeness (QED) is 0.827. The summed E-state index contributed by atoms with van der Waals surface area (Å²) >= 11 is 0. The molecule has 0 aromatic heterocycles. The highest BCUT2D eigenvalue weighted by Gasteiger charge is 2.38. The van der Waals surface area contributed by atoms with Crippen LogP contribution in [0.4, 0.5) is 13.2 Å². The highest BCUT2D eigenvalue weighted by Crippen LogP contribution is 2.30. The average Bonchev–Trinajstić information content (AvgIpc) is 3.13. The van der Waals surface area contributed by atoms with Gasteiger partial charge >= 0.3 is 12.1 Å². The number of aliphatic carboxylic acids is 1. The van der Waals surface area contributed by atoms with Crippen molar-refractivity contribution >= 4 is 5.97 Å². The van der Waals surface area contributed by atoms with E-state index in [1.165, 1.54) is 45.4 Å². The minimum atomic E-state index is -5.08. The normalized spacial score (nSPS) is 24.5. The van der Waals surface area contributed by atoms with Gasteiger partial charge in [0.1, 0.15) is 0 Å². The second-order valence-corrected chi connectivity index (χ2v) is 5.01. The molecule has 0 aromatic rings. The Morgan fingerprint density at radius 2 is 2.00 bits per heavy atom. The molecule has 0 spiro atoms. The number of carboxylic acid groups (broad SMARTS) is 1. The van der Waals surface area contributed by atoms with Crippen molar-refractivity contribution in [3.05, 3.63) is 0 Å². The first-order chi connectivity index (χ1) is 8.84. The SMILES string of the molecule is CC[C@@H]1CNCCN1CC1CC1.O=C(O)C(F)(F)F. The van der Waals surface area contributed by atoms with E-state index in [0.717, 1.165) is 12.0 Å². The van der Waals surface area contributed by atoms with E-state index in [1.54, 1.807) is 0 Å².